The fraction of sp³-hybridized carbons (Fsp3) is 0.154. The van der Waals surface area contributed by atoms with Crippen LogP contribution in [0.3, 0.4) is 0 Å². The van der Waals surface area contributed by atoms with E-state index in [1.807, 2.05) is 5.43 Å². The highest BCUT2D eigenvalue weighted by atomic mass is 35.5. The molecule has 4 nitrogen and oxygen atoms in total. The Morgan fingerprint density at radius 2 is 1.75 bits per heavy atom. The van der Waals surface area contributed by atoms with Crippen LogP contribution in [-0.2, 0) is 0 Å². The van der Waals surface area contributed by atoms with Crippen LogP contribution in [0.2, 0.25) is 5.02 Å². The Morgan fingerprint density at radius 3 is 2.30 bits per heavy atom. The van der Waals surface area contributed by atoms with Crippen molar-refractivity contribution >= 4 is 17.4 Å². The van der Waals surface area contributed by atoms with E-state index < -0.39 is 11.6 Å². The van der Waals surface area contributed by atoms with Gasteiger partial charge in [-0.05, 0) is 37.1 Å². The van der Waals surface area contributed by atoms with Crippen LogP contribution in [0.15, 0.2) is 18.2 Å². The van der Waals surface area contributed by atoms with Crippen molar-refractivity contribution in [2.75, 3.05) is 5.43 Å². The maximum absolute atomic E-state index is 13.7. The minimum Gasteiger partial charge on any atom is -0.436 e. The molecule has 0 unspecified atom stereocenters. The summed E-state index contributed by atoms with van der Waals surface area (Å²) in [5, 5.41) is 0.546. The van der Waals surface area contributed by atoms with E-state index in [4.69, 9.17) is 22.2 Å². The van der Waals surface area contributed by atoms with Crippen molar-refractivity contribution in [2.45, 2.75) is 13.8 Å². The van der Waals surface area contributed by atoms with Crippen molar-refractivity contribution < 1.29 is 13.5 Å². The quantitative estimate of drug-likeness (QED) is 0.670. The number of halogens is 3. The fourth-order valence-electron chi connectivity index (χ4n) is 1.78. The van der Waals surface area contributed by atoms with Gasteiger partial charge >= 0.3 is 0 Å². The molecule has 20 heavy (non-hydrogen) atoms. The van der Waals surface area contributed by atoms with E-state index in [-0.39, 0.29) is 11.7 Å². The molecule has 1 heterocycles. The van der Waals surface area contributed by atoms with E-state index in [2.05, 4.69) is 4.98 Å². The lowest BCUT2D eigenvalue weighted by Gasteiger charge is -2.13. The lowest BCUT2D eigenvalue weighted by atomic mass is 10.1. The highest BCUT2D eigenvalue weighted by molar-refractivity contribution is 6.30. The zero-order chi connectivity index (χ0) is 14.9. The molecule has 3 N–H and O–H groups in total. The molecule has 0 radical (unpaired) electrons. The largest absolute Gasteiger partial charge is 0.436 e. The summed E-state index contributed by atoms with van der Waals surface area (Å²) >= 11 is 5.90. The molecule has 1 aromatic carbocycles. The van der Waals surface area contributed by atoms with Gasteiger partial charge in [-0.1, -0.05) is 11.6 Å². The summed E-state index contributed by atoms with van der Waals surface area (Å²) in [6.45, 7) is 3.52. The summed E-state index contributed by atoms with van der Waals surface area (Å²) in [6, 6.07) is 4.00. The van der Waals surface area contributed by atoms with Gasteiger partial charge in [-0.3, -0.25) is 0 Å². The molecule has 0 aliphatic carbocycles. The monoisotopic (exact) mass is 299 g/mol. The van der Waals surface area contributed by atoms with Crippen molar-refractivity contribution in [1.82, 2.24) is 4.98 Å². The molecular weight excluding hydrogens is 288 g/mol. The summed E-state index contributed by atoms with van der Waals surface area (Å²) < 4.78 is 32.4. The van der Waals surface area contributed by atoms with Crippen LogP contribution in [0, 0.1) is 25.5 Å². The number of hydrogen-bond donors (Lipinski definition) is 2. The molecule has 0 spiro atoms. The third kappa shape index (κ3) is 2.81. The molecule has 2 rings (SSSR count). The molecule has 1 aromatic heterocycles. The number of pyridine rings is 1. The molecule has 0 saturated carbocycles. The number of hydrazine groups is 1. The number of nitrogens with one attached hydrogen (secondary N) is 1. The van der Waals surface area contributed by atoms with E-state index in [1.54, 1.807) is 26.0 Å². The van der Waals surface area contributed by atoms with Gasteiger partial charge in [0.05, 0.1) is 0 Å². The Kier molecular flexibility index (Phi) is 4.06. The number of ether oxygens (including phenoxy) is 1. The highest BCUT2D eigenvalue weighted by Crippen LogP contribution is 2.32. The second-order valence-corrected chi connectivity index (χ2v) is 4.66. The summed E-state index contributed by atoms with van der Waals surface area (Å²) in [5.41, 5.74) is 3.45. The maximum atomic E-state index is 13.7. The summed E-state index contributed by atoms with van der Waals surface area (Å²) in [7, 11) is 0. The van der Waals surface area contributed by atoms with Gasteiger partial charge in [-0.15, -0.1) is 0 Å². The SMILES string of the molecule is Cc1cc(Cl)cc(C)c1Oc1nc(NN)c(F)cc1F. The third-order valence-electron chi connectivity index (χ3n) is 2.66. The Labute approximate surface area is 119 Å². The van der Waals surface area contributed by atoms with Crippen LogP contribution in [0.4, 0.5) is 14.6 Å². The average molecular weight is 300 g/mol. The van der Waals surface area contributed by atoms with Crippen LogP contribution in [0.25, 0.3) is 0 Å². The first-order valence-electron chi connectivity index (χ1n) is 5.69. The first-order valence-corrected chi connectivity index (χ1v) is 6.07. The standard InChI is InChI=1S/C13H12ClF2N3O/c1-6-3-8(14)4-7(2)11(6)20-13-10(16)5-9(15)12(18-13)19-17/h3-5H,17H2,1-2H3,(H,18,19). The molecule has 0 aliphatic rings. The summed E-state index contributed by atoms with van der Waals surface area (Å²) in [4.78, 5) is 3.65. The van der Waals surface area contributed by atoms with E-state index in [1.165, 1.54) is 0 Å². The van der Waals surface area contributed by atoms with Gasteiger partial charge in [0.1, 0.15) is 5.75 Å². The van der Waals surface area contributed by atoms with E-state index in [0.29, 0.717) is 28.0 Å². The summed E-state index contributed by atoms with van der Waals surface area (Å²) in [5.74, 6) is 3.02. The van der Waals surface area contributed by atoms with Crippen LogP contribution in [0.1, 0.15) is 11.1 Å². The number of anilines is 1. The van der Waals surface area contributed by atoms with E-state index in [9.17, 15) is 8.78 Å². The van der Waals surface area contributed by atoms with Crippen molar-refractivity contribution in [3.05, 3.63) is 46.0 Å². The maximum Gasteiger partial charge on any atom is 0.258 e. The molecule has 2 aromatic rings. The number of aromatic nitrogens is 1. The summed E-state index contributed by atoms with van der Waals surface area (Å²) in [6.07, 6.45) is 0. The minimum absolute atomic E-state index is 0.300. The predicted octanol–water partition coefficient (Wildman–Crippen LogP) is 3.71. The average Bonchev–Trinajstić information content (AvgIpc) is 2.35. The molecule has 0 amide bonds. The van der Waals surface area contributed by atoms with Crippen molar-refractivity contribution in [1.29, 1.82) is 0 Å². The minimum atomic E-state index is -0.921. The highest BCUT2D eigenvalue weighted by Gasteiger charge is 2.15. The van der Waals surface area contributed by atoms with Gasteiger partial charge in [-0.25, -0.2) is 14.6 Å². The lowest BCUT2D eigenvalue weighted by Crippen LogP contribution is -2.11. The number of rotatable bonds is 3. The normalized spacial score (nSPS) is 10.5. The Bertz CT molecular complexity index is 641. The third-order valence-corrected chi connectivity index (χ3v) is 2.88. The van der Waals surface area contributed by atoms with Gasteiger partial charge in [0, 0.05) is 11.1 Å². The van der Waals surface area contributed by atoms with Crippen LogP contribution in [-0.4, -0.2) is 4.98 Å². The van der Waals surface area contributed by atoms with Crippen LogP contribution >= 0.6 is 11.6 Å². The van der Waals surface area contributed by atoms with E-state index >= 15 is 0 Å². The zero-order valence-electron chi connectivity index (χ0n) is 10.8. The number of hydrogen-bond acceptors (Lipinski definition) is 4. The number of nitrogen functional groups attached to an aromatic ring is 1. The van der Waals surface area contributed by atoms with Gasteiger partial charge in [0.25, 0.3) is 5.88 Å². The van der Waals surface area contributed by atoms with Gasteiger partial charge in [0.2, 0.25) is 0 Å². The molecule has 0 atom stereocenters. The molecule has 0 aliphatic heterocycles. The fourth-order valence-corrected chi connectivity index (χ4v) is 2.10. The first-order chi connectivity index (χ1) is 9.42. The molecule has 7 heteroatoms. The van der Waals surface area contributed by atoms with Gasteiger partial charge in [-0.2, -0.15) is 4.98 Å². The number of nitrogens with zero attached hydrogens (tertiary/aromatic N) is 1. The topological polar surface area (TPSA) is 60.2 Å². The number of nitrogens with two attached hydrogens (primary N) is 1. The van der Waals surface area contributed by atoms with Gasteiger partial charge in [0.15, 0.2) is 17.5 Å². The smallest absolute Gasteiger partial charge is 0.258 e. The Balaban J connectivity index is 2.45. The van der Waals surface area contributed by atoms with Crippen molar-refractivity contribution in [3.63, 3.8) is 0 Å². The molecular formula is C13H12ClF2N3O. The predicted molar refractivity (Wildman–Crippen MR) is 73.0 cm³/mol. The second kappa shape index (κ2) is 5.60. The number of aryl methyl sites for hydroxylation is 2. The second-order valence-electron chi connectivity index (χ2n) is 4.22. The molecule has 0 fully saturated rings. The zero-order valence-corrected chi connectivity index (χ0v) is 11.6. The lowest BCUT2D eigenvalue weighted by molar-refractivity contribution is 0.413. The van der Waals surface area contributed by atoms with Gasteiger partial charge < -0.3 is 10.2 Å². The Morgan fingerprint density at radius 1 is 1.15 bits per heavy atom. The van der Waals surface area contributed by atoms with Crippen LogP contribution in [0.5, 0.6) is 11.6 Å². The van der Waals surface area contributed by atoms with Crippen molar-refractivity contribution in [3.8, 4) is 11.6 Å². The van der Waals surface area contributed by atoms with Crippen LogP contribution < -0.4 is 16.0 Å². The first kappa shape index (κ1) is 14.5. The molecule has 0 bridgehead atoms. The Hall–Kier alpha value is -1.92. The van der Waals surface area contributed by atoms with E-state index in [0.717, 1.165) is 0 Å². The van der Waals surface area contributed by atoms with Crippen molar-refractivity contribution in [2.24, 2.45) is 5.84 Å². The molecule has 106 valence electrons. The number of benzene rings is 1. The molecule has 0 saturated heterocycles.